The number of aryl methyl sites for hydroxylation is 2. The highest BCUT2D eigenvalue weighted by Gasteiger charge is 2.32. The van der Waals surface area contributed by atoms with E-state index in [0.29, 0.717) is 0 Å². The van der Waals surface area contributed by atoms with Crippen LogP contribution in [0, 0.1) is 19.8 Å². The molecule has 150 valence electrons. The van der Waals surface area contributed by atoms with E-state index in [1.807, 2.05) is 43.8 Å². The van der Waals surface area contributed by atoms with Gasteiger partial charge in [0.1, 0.15) is 0 Å². The lowest BCUT2D eigenvalue weighted by molar-refractivity contribution is 0.0693. The molecule has 4 rings (SSSR count). The van der Waals surface area contributed by atoms with Gasteiger partial charge in [0, 0.05) is 16.7 Å². The molecule has 2 aromatic heterocycles. The second-order valence-electron chi connectivity index (χ2n) is 8.00. The molecule has 4 nitrogen and oxygen atoms in total. The van der Waals surface area contributed by atoms with E-state index in [9.17, 15) is 4.79 Å². The lowest BCUT2D eigenvalue weighted by Gasteiger charge is -2.44. The summed E-state index contributed by atoms with van der Waals surface area (Å²) in [6.45, 7) is 6.67. The topological polar surface area (TPSA) is 45.2 Å². The first-order valence-corrected chi connectivity index (χ1v) is 12.1. The van der Waals surface area contributed by atoms with Gasteiger partial charge in [0.05, 0.1) is 21.8 Å². The molecule has 2 aliphatic rings. The number of rotatable bonds is 5. The Hall–Kier alpha value is -1.37. The molecule has 0 bridgehead atoms. The average molecular weight is 416 g/mol. The molecule has 0 saturated carbocycles. The Bertz CT molecular complexity index is 796. The molecule has 2 fully saturated rings. The quantitative estimate of drug-likeness (QED) is 0.667. The number of hydrogen-bond acceptors (Lipinski definition) is 5. The van der Waals surface area contributed by atoms with Crippen LogP contribution in [0.2, 0.25) is 0 Å². The lowest BCUT2D eigenvalue weighted by atomic mass is 9.85. The number of aromatic nitrogens is 1. The van der Waals surface area contributed by atoms with Gasteiger partial charge in [0.2, 0.25) is 0 Å². The number of pyridine rings is 1. The predicted octanol–water partition coefficient (Wildman–Crippen LogP) is 5.37. The van der Waals surface area contributed by atoms with Gasteiger partial charge in [-0.05, 0) is 82.3 Å². The lowest BCUT2D eigenvalue weighted by Crippen LogP contribution is -2.48. The Labute approximate surface area is 176 Å². The van der Waals surface area contributed by atoms with Crippen LogP contribution in [-0.4, -0.2) is 40.7 Å². The summed E-state index contributed by atoms with van der Waals surface area (Å²) in [6, 6.07) is 6.73. The molecular formula is C22H29N3OS2. The van der Waals surface area contributed by atoms with Gasteiger partial charge < -0.3 is 10.2 Å². The van der Waals surface area contributed by atoms with Crippen LogP contribution in [0.5, 0.6) is 0 Å². The Morgan fingerprint density at radius 3 is 2.86 bits per heavy atom. The molecule has 0 unspecified atom stereocenters. The SMILES string of the molecule is Cc1cc(C(=O)Nc2ccc(SC[C@@H]3CCCN4CCCC[C@H]34)nc2)sc1C. The van der Waals surface area contributed by atoms with Gasteiger partial charge in [-0.3, -0.25) is 4.79 Å². The van der Waals surface area contributed by atoms with E-state index in [1.165, 1.54) is 67.0 Å². The van der Waals surface area contributed by atoms with E-state index in [4.69, 9.17) is 0 Å². The monoisotopic (exact) mass is 415 g/mol. The zero-order valence-corrected chi connectivity index (χ0v) is 18.4. The van der Waals surface area contributed by atoms with Crippen molar-refractivity contribution in [1.82, 2.24) is 9.88 Å². The smallest absolute Gasteiger partial charge is 0.265 e. The van der Waals surface area contributed by atoms with Gasteiger partial charge in [-0.15, -0.1) is 23.1 Å². The van der Waals surface area contributed by atoms with Crippen molar-refractivity contribution in [3.63, 3.8) is 0 Å². The van der Waals surface area contributed by atoms with Crippen LogP contribution in [0.3, 0.4) is 0 Å². The predicted molar refractivity (Wildman–Crippen MR) is 119 cm³/mol. The molecule has 2 saturated heterocycles. The Morgan fingerprint density at radius 1 is 1.25 bits per heavy atom. The fourth-order valence-corrected chi connectivity index (χ4v) is 6.38. The average Bonchev–Trinajstić information content (AvgIpc) is 3.06. The third kappa shape index (κ3) is 4.61. The maximum Gasteiger partial charge on any atom is 0.265 e. The number of amides is 1. The van der Waals surface area contributed by atoms with Crippen LogP contribution in [0.4, 0.5) is 5.69 Å². The van der Waals surface area contributed by atoms with Crippen molar-refractivity contribution in [1.29, 1.82) is 0 Å². The van der Waals surface area contributed by atoms with Crippen LogP contribution in [-0.2, 0) is 0 Å². The van der Waals surface area contributed by atoms with E-state index in [-0.39, 0.29) is 5.91 Å². The zero-order valence-electron chi connectivity index (χ0n) is 16.7. The van der Waals surface area contributed by atoms with Crippen molar-refractivity contribution >= 4 is 34.7 Å². The van der Waals surface area contributed by atoms with Crippen molar-refractivity contribution < 1.29 is 4.79 Å². The van der Waals surface area contributed by atoms with E-state index in [2.05, 4.69) is 15.2 Å². The van der Waals surface area contributed by atoms with E-state index < -0.39 is 0 Å². The van der Waals surface area contributed by atoms with Gasteiger partial charge in [0.15, 0.2) is 0 Å². The summed E-state index contributed by atoms with van der Waals surface area (Å²) in [4.78, 5) is 21.6. The highest BCUT2D eigenvalue weighted by molar-refractivity contribution is 7.99. The summed E-state index contributed by atoms with van der Waals surface area (Å²) in [5.74, 6) is 1.88. The normalized spacial score (nSPS) is 22.6. The van der Waals surface area contributed by atoms with Crippen molar-refractivity contribution in [2.75, 3.05) is 24.2 Å². The molecule has 4 heterocycles. The number of thiophene rings is 1. The molecule has 2 aromatic rings. The van der Waals surface area contributed by atoms with Gasteiger partial charge in [-0.2, -0.15) is 0 Å². The summed E-state index contributed by atoms with van der Waals surface area (Å²) in [6.07, 6.45) is 8.59. The number of fused-ring (bicyclic) bond motifs is 1. The second-order valence-corrected chi connectivity index (χ2v) is 10.3. The van der Waals surface area contributed by atoms with E-state index >= 15 is 0 Å². The van der Waals surface area contributed by atoms with Gasteiger partial charge in [-0.1, -0.05) is 6.42 Å². The number of thioether (sulfide) groups is 1. The maximum atomic E-state index is 12.4. The minimum absolute atomic E-state index is 0.0528. The number of nitrogens with zero attached hydrogens (tertiary/aromatic N) is 2. The Morgan fingerprint density at radius 2 is 2.11 bits per heavy atom. The second kappa shape index (κ2) is 8.97. The van der Waals surface area contributed by atoms with Gasteiger partial charge >= 0.3 is 0 Å². The fourth-order valence-electron chi connectivity index (χ4n) is 4.38. The van der Waals surface area contributed by atoms with E-state index in [0.717, 1.165) is 33.3 Å². The highest BCUT2D eigenvalue weighted by atomic mass is 32.2. The van der Waals surface area contributed by atoms with Crippen LogP contribution in [0.1, 0.15) is 52.2 Å². The molecule has 2 atom stereocenters. The van der Waals surface area contributed by atoms with Crippen LogP contribution in [0.25, 0.3) is 0 Å². The molecule has 0 spiro atoms. The van der Waals surface area contributed by atoms with E-state index in [1.54, 1.807) is 6.20 Å². The third-order valence-corrected chi connectivity index (χ3v) is 8.34. The molecule has 1 amide bonds. The van der Waals surface area contributed by atoms with Crippen molar-refractivity contribution in [2.45, 2.75) is 57.0 Å². The summed E-state index contributed by atoms with van der Waals surface area (Å²) in [7, 11) is 0. The standard InChI is InChI=1S/C22H29N3OS2/c1-15-12-20(28-16(15)2)22(26)24-18-8-9-21(23-13-18)27-14-17-6-5-11-25-10-4-3-7-19(17)25/h8-9,12-13,17,19H,3-7,10-11,14H2,1-2H3,(H,24,26)/t17-,19+/m0/s1. The summed E-state index contributed by atoms with van der Waals surface area (Å²) >= 11 is 3.40. The summed E-state index contributed by atoms with van der Waals surface area (Å²) in [5.41, 5.74) is 1.92. The highest BCUT2D eigenvalue weighted by Crippen LogP contribution is 2.34. The molecular weight excluding hydrogens is 386 g/mol. The fraction of sp³-hybridized carbons (Fsp3) is 0.545. The van der Waals surface area contributed by atoms with Gasteiger partial charge in [-0.25, -0.2) is 4.98 Å². The Kier molecular flexibility index (Phi) is 6.38. The number of anilines is 1. The first kappa shape index (κ1) is 19.9. The van der Waals surface area contributed by atoms with Crippen molar-refractivity contribution in [2.24, 2.45) is 5.92 Å². The number of piperidine rings is 2. The molecule has 0 aromatic carbocycles. The largest absolute Gasteiger partial charge is 0.320 e. The number of hydrogen-bond donors (Lipinski definition) is 1. The number of nitrogens with one attached hydrogen (secondary N) is 1. The first-order chi connectivity index (χ1) is 13.6. The van der Waals surface area contributed by atoms with Crippen molar-refractivity contribution in [3.8, 4) is 0 Å². The number of carbonyl (C=O) groups excluding carboxylic acids is 1. The summed E-state index contributed by atoms with van der Waals surface area (Å²) < 4.78 is 0. The zero-order chi connectivity index (χ0) is 19.5. The molecule has 2 aliphatic heterocycles. The molecule has 6 heteroatoms. The number of carbonyl (C=O) groups is 1. The van der Waals surface area contributed by atoms with Crippen molar-refractivity contribution in [3.05, 3.63) is 39.7 Å². The molecule has 0 aliphatic carbocycles. The molecule has 28 heavy (non-hydrogen) atoms. The maximum absolute atomic E-state index is 12.4. The minimum Gasteiger partial charge on any atom is -0.320 e. The van der Waals surface area contributed by atoms with Gasteiger partial charge in [0.25, 0.3) is 5.91 Å². The summed E-state index contributed by atoms with van der Waals surface area (Å²) in [5, 5.41) is 4.01. The van der Waals surface area contributed by atoms with Crippen LogP contribution < -0.4 is 5.32 Å². The molecule has 0 radical (unpaired) electrons. The third-order valence-electron chi connectivity index (χ3n) is 6.06. The minimum atomic E-state index is -0.0528. The first-order valence-electron chi connectivity index (χ1n) is 10.3. The van der Waals surface area contributed by atoms with Crippen LogP contribution in [0.15, 0.2) is 29.4 Å². The molecule has 1 N–H and O–H groups in total. The van der Waals surface area contributed by atoms with Crippen LogP contribution >= 0.6 is 23.1 Å². The Balaban J connectivity index is 1.31.